The number of thiophene rings is 1. The van der Waals surface area contributed by atoms with Gasteiger partial charge in [0.2, 0.25) is 0 Å². The highest BCUT2D eigenvalue weighted by Gasteiger charge is 2.13. The maximum Gasteiger partial charge on any atom is 0.150 e. The fraction of sp³-hybridized carbons (Fsp3) is 0.240. The minimum Gasteiger partial charge on any atom is -0.492 e. The molecule has 7 heteroatoms. The molecule has 1 aliphatic rings. The van der Waals surface area contributed by atoms with Gasteiger partial charge < -0.3 is 19.9 Å². The van der Waals surface area contributed by atoms with Crippen molar-refractivity contribution < 1.29 is 14.2 Å². The summed E-state index contributed by atoms with van der Waals surface area (Å²) in [6.45, 7) is 5.17. The first kappa shape index (κ1) is 20.8. The Kier molecular flexibility index (Phi) is 6.20. The second-order valence-electron chi connectivity index (χ2n) is 7.60. The molecule has 32 heavy (non-hydrogen) atoms. The molecule has 0 unspecified atom stereocenters. The predicted octanol–water partition coefficient (Wildman–Crippen LogP) is 5.05. The molecule has 2 aromatic carbocycles. The Morgan fingerprint density at radius 2 is 1.81 bits per heavy atom. The molecule has 0 atom stereocenters. The largest absolute Gasteiger partial charge is 0.492 e. The third kappa shape index (κ3) is 4.70. The summed E-state index contributed by atoms with van der Waals surface area (Å²) in [5.74, 6) is 2.28. The van der Waals surface area contributed by atoms with Crippen LogP contribution in [0.15, 0.2) is 66.9 Å². The Morgan fingerprint density at radius 3 is 2.62 bits per heavy atom. The van der Waals surface area contributed by atoms with Gasteiger partial charge in [-0.1, -0.05) is 12.1 Å². The van der Waals surface area contributed by atoms with Crippen molar-refractivity contribution in [3.8, 4) is 27.7 Å². The second kappa shape index (κ2) is 9.56. The SMILES string of the molecule is Nc1ccccc1Oc1ccnc2cc(-c3ccc(OCCN4CCOCC4)cc3)sc12. The zero-order valence-electron chi connectivity index (χ0n) is 17.7. The van der Waals surface area contributed by atoms with Crippen molar-refractivity contribution in [3.63, 3.8) is 0 Å². The number of benzene rings is 2. The van der Waals surface area contributed by atoms with Gasteiger partial charge in [0, 0.05) is 36.8 Å². The average molecular weight is 448 g/mol. The molecule has 1 aliphatic heterocycles. The first-order valence-electron chi connectivity index (χ1n) is 10.7. The first-order valence-corrected chi connectivity index (χ1v) is 11.5. The lowest BCUT2D eigenvalue weighted by Crippen LogP contribution is -2.38. The van der Waals surface area contributed by atoms with Crippen LogP contribution in [0.1, 0.15) is 0 Å². The summed E-state index contributed by atoms with van der Waals surface area (Å²) in [7, 11) is 0. The normalized spacial score (nSPS) is 14.5. The number of ether oxygens (including phenoxy) is 3. The number of morpholine rings is 1. The molecule has 0 spiro atoms. The van der Waals surface area contributed by atoms with E-state index in [1.165, 1.54) is 0 Å². The number of nitrogens with zero attached hydrogens (tertiary/aromatic N) is 2. The maximum atomic E-state index is 6.10. The van der Waals surface area contributed by atoms with E-state index in [9.17, 15) is 0 Å². The highest BCUT2D eigenvalue weighted by Crippen LogP contribution is 2.40. The number of rotatable bonds is 7. The molecule has 4 aromatic rings. The van der Waals surface area contributed by atoms with Crippen molar-refractivity contribution in [2.75, 3.05) is 45.2 Å². The van der Waals surface area contributed by atoms with Gasteiger partial charge in [0.1, 0.15) is 23.9 Å². The molecule has 0 saturated carbocycles. The summed E-state index contributed by atoms with van der Waals surface area (Å²) >= 11 is 1.66. The molecule has 0 bridgehead atoms. The predicted molar refractivity (Wildman–Crippen MR) is 129 cm³/mol. The molecule has 3 heterocycles. The number of hydrogen-bond acceptors (Lipinski definition) is 7. The van der Waals surface area contributed by atoms with Crippen LogP contribution in [0, 0.1) is 0 Å². The average Bonchev–Trinajstić information content (AvgIpc) is 3.27. The van der Waals surface area contributed by atoms with Gasteiger partial charge in [0.05, 0.1) is 29.1 Å². The molecule has 1 fully saturated rings. The van der Waals surface area contributed by atoms with Crippen LogP contribution < -0.4 is 15.2 Å². The van der Waals surface area contributed by atoms with Crippen molar-refractivity contribution >= 4 is 27.2 Å². The van der Waals surface area contributed by atoms with E-state index in [1.54, 1.807) is 17.5 Å². The number of nitrogens with two attached hydrogens (primary N) is 1. The molecule has 1 saturated heterocycles. The minimum atomic E-state index is 0.610. The zero-order chi connectivity index (χ0) is 21.8. The van der Waals surface area contributed by atoms with Crippen LogP contribution in [0.5, 0.6) is 17.2 Å². The van der Waals surface area contributed by atoms with E-state index >= 15 is 0 Å². The topological polar surface area (TPSA) is 69.8 Å². The van der Waals surface area contributed by atoms with Gasteiger partial charge in [-0.25, -0.2) is 0 Å². The van der Waals surface area contributed by atoms with Crippen molar-refractivity contribution in [1.82, 2.24) is 9.88 Å². The monoisotopic (exact) mass is 447 g/mol. The van der Waals surface area contributed by atoms with Crippen LogP contribution >= 0.6 is 11.3 Å². The smallest absolute Gasteiger partial charge is 0.150 e. The molecule has 6 nitrogen and oxygen atoms in total. The summed E-state index contributed by atoms with van der Waals surface area (Å²) < 4.78 is 18.4. The van der Waals surface area contributed by atoms with Gasteiger partial charge in [-0.05, 0) is 48.0 Å². The summed E-state index contributed by atoms with van der Waals surface area (Å²) in [6.07, 6.45) is 1.76. The molecule has 2 aromatic heterocycles. The summed E-state index contributed by atoms with van der Waals surface area (Å²) in [6, 6.07) is 19.7. The van der Waals surface area contributed by atoms with Crippen LogP contribution in [0.25, 0.3) is 20.7 Å². The summed E-state index contributed by atoms with van der Waals surface area (Å²) in [4.78, 5) is 8.01. The van der Waals surface area contributed by atoms with Gasteiger partial charge in [-0.15, -0.1) is 11.3 Å². The van der Waals surface area contributed by atoms with Gasteiger partial charge in [0.15, 0.2) is 0 Å². The molecule has 5 rings (SSSR count). The Hall–Kier alpha value is -3.13. The number of nitrogen functional groups attached to an aromatic ring is 1. The fourth-order valence-corrected chi connectivity index (χ4v) is 4.73. The van der Waals surface area contributed by atoms with Crippen LogP contribution in [0.4, 0.5) is 5.69 Å². The minimum absolute atomic E-state index is 0.610. The second-order valence-corrected chi connectivity index (χ2v) is 8.65. The highest BCUT2D eigenvalue weighted by molar-refractivity contribution is 7.22. The molecule has 0 radical (unpaired) electrons. The lowest BCUT2D eigenvalue weighted by atomic mass is 10.2. The van der Waals surface area contributed by atoms with Crippen molar-refractivity contribution in [2.24, 2.45) is 0 Å². The molecule has 164 valence electrons. The summed E-state index contributed by atoms with van der Waals surface area (Å²) in [5.41, 5.74) is 8.68. The third-order valence-corrected chi connectivity index (χ3v) is 6.62. The Labute approximate surface area is 191 Å². The van der Waals surface area contributed by atoms with E-state index in [2.05, 4.69) is 28.1 Å². The molecule has 0 aliphatic carbocycles. The van der Waals surface area contributed by atoms with E-state index in [4.69, 9.17) is 19.9 Å². The Bertz CT molecular complexity index is 1190. The molecule has 0 amide bonds. The van der Waals surface area contributed by atoms with Crippen LogP contribution in [-0.2, 0) is 4.74 Å². The highest BCUT2D eigenvalue weighted by atomic mass is 32.1. The maximum absolute atomic E-state index is 6.10. The quantitative estimate of drug-likeness (QED) is 0.400. The van der Waals surface area contributed by atoms with E-state index in [-0.39, 0.29) is 0 Å². The number of fused-ring (bicyclic) bond motifs is 1. The van der Waals surface area contributed by atoms with Gasteiger partial charge in [-0.2, -0.15) is 0 Å². The number of anilines is 1. The zero-order valence-corrected chi connectivity index (χ0v) is 18.5. The third-order valence-electron chi connectivity index (χ3n) is 5.43. The lowest BCUT2D eigenvalue weighted by Gasteiger charge is -2.26. The van der Waals surface area contributed by atoms with Crippen molar-refractivity contribution in [1.29, 1.82) is 0 Å². The number of pyridine rings is 1. The van der Waals surface area contributed by atoms with Gasteiger partial charge >= 0.3 is 0 Å². The van der Waals surface area contributed by atoms with Crippen LogP contribution in [-0.4, -0.2) is 49.3 Å². The van der Waals surface area contributed by atoms with E-state index in [0.717, 1.165) is 65.0 Å². The molecule has 2 N–H and O–H groups in total. The van der Waals surface area contributed by atoms with Crippen molar-refractivity contribution in [2.45, 2.75) is 0 Å². The van der Waals surface area contributed by atoms with Crippen molar-refractivity contribution in [3.05, 3.63) is 66.9 Å². The first-order chi connectivity index (χ1) is 15.8. The van der Waals surface area contributed by atoms with Gasteiger partial charge in [-0.3, -0.25) is 9.88 Å². The van der Waals surface area contributed by atoms with E-state index in [1.807, 2.05) is 42.5 Å². The van der Waals surface area contributed by atoms with E-state index in [0.29, 0.717) is 18.0 Å². The Balaban J connectivity index is 1.28. The number of aromatic nitrogens is 1. The van der Waals surface area contributed by atoms with E-state index < -0.39 is 0 Å². The molecular formula is C25H25N3O3S. The summed E-state index contributed by atoms with van der Waals surface area (Å²) in [5, 5.41) is 0. The van der Waals surface area contributed by atoms with Gasteiger partial charge in [0.25, 0.3) is 0 Å². The van der Waals surface area contributed by atoms with Crippen LogP contribution in [0.2, 0.25) is 0 Å². The van der Waals surface area contributed by atoms with Crippen LogP contribution in [0.3, 0.4) is 0 Å². The standard InChI is InChI=1S/C25H25N3O3S/c26-20-3-1-2-4-22(20)31-23-9-10-27-21-17-24(32-25(21)23)18-5-7-19(8-6-18)30-16-13-28-11-14-29-15-12-28/h1-10,17H,11-16,26H2. The fourth-order valence-electron chi connectivity index (χ4n) is 3.66. The number of hydrogen-bond donors (Lipinski definition) is 1. The number of para-hydroxylation sites is 2. The lowest BCUT2D eigenvalue weighted by molar-refractivity contribution is 0.0322. The molecular weight excluding hydrogens is 422 g/mol. The Morgan fingerprint density at radius 1 is 1.00 bits per heavy atom.